The van der Waals surface area contributed by atoms with E-state index in [1.807, 2.05) is 31.2 Å². The largest absolute Gasteiger partial charge is 0.493 e. The zero-order valence-electron chi connectivity index (χ0n) is 15.9. The lowest BCUT2D eigenvalue weighted by atomic mass is 10.2. The number of carbonyl (C=O) groups excluding carboxylic acids is 2. The topological polar surface area (TPSA) is 80.2 Å². The van der Waals surface area contributed by atoms with Crippen LogP contribution in [0.5, 0.6) is 11.5 Å². The minimum atomic E-state index is -0.276. The van der Waals surface area contributed by atoms with Gasteiger partial charge in [-0.05, 0) is 48.4 Å². The zero-order chi connectivity index (χ0) is 20.8. The van der Waals surface area contributed by atoms with Crippen LogP contribution in [-0.4, -0.2) is 46.8 Å². The molecule has 0 atom stereocenters. The number of hydrogen-bond donors (Lipinski definition) is 1. The first kappa shape index (κ1) is 20.8. The number of rotatable bonds is 7. The molecule has 0 aliphatic carbocycles. The highest BCUT2D eigenvalue weighted by molar-refractivity contribution is 8.23. The van der Waals surface area contributed by atoms with Gasteiger partial charge in [0.15, 0.2) is 22.4 Å². The van der Waals surface area contributed by atoms with E-state index in [0.717, 1.165) is 5.56 Å². The first-order valence-electron chi connectivity index (χ1n) is 8.67. The molecule has 1 aliphatic heterocycles. The maximum Gasteiger partial charge on any atom is 0.262 e. The van der Waals surface area contributed by atoms with Gasteiger partial charge in [0.25, 0.3) is 11.8 Å². The number of ether oxygens (including phenoxy) is 2. The van der Waals surface area contributed by atoms with E-state index in [1.54, 1.807) is 18.2 Å². The Morgan fingerprint density at radius 3 is 2.83 bits per heavy atom. The number of aryl methyl sites for hydroxylation is 1. The molecule has 1 fully saturated rings. The molecule has 0 bridgehead atoms. The van der Waals surface area contributed by atoms with Crippen LogP contribution in [0.25, 0.3) is 0 Å². The monoisotopic (exact) mass is 429 g/mol. The zero-order valence-corrected chi connectivity index (χ0v) is 17.5. The number of methoxy groups -OCH3 is 1. The number of thiocarbonyl (C=S) groups is 1. The van der Waals surface area contributed by atoms with Gasteiger partial charge in [0.2, 0.25) is 0 Å². The molecule has 1 aliphatic rings. The summed E-state index contributed by atoms with van der Waals surface area (Å²) in [5, 5.41) is 8.11. The van der Waals surface area contributed by atoms with Crippen LogP contribution in [0, 0.1) is 6.92 Å². The molecule has 29 heavy (non-hydrogen) atoms. The molecule has 7 nitrogen and oxygen atoms in total. The predicted octanol–water partition coefficient (Wildman–Crippen LogP) is 3.22. The highest BCUT2D eigenvalue weighted by Gasteiger charge is 2.25. The van der Waals surface area contributed by atoms with Gasteiger partial charge < -0.3 is 14.8 Å². The Hall–Kier alpha value is -2.91. The minimum absolute atomic E-state index is 0.150. The Bertz CT molecular complexity index is 962. The summed E-state index contributed by atoms with van der Waals surface area (Å²) in [5.74, 6) is 0.746. The number of amides is 2. The van der Waals surface area contributed by atoms with Crippen molar-refractivity contribution in [1.82, 2.24) is 5.01 Å². The van der Waals surface area contributed by atoms with Crippen molar-refractivity contribution in [2.75, 3.05) is 24.8 Å². The van der Waals surface area contributed by atoms with E-state index in [4.69, 9.17) is 21.7 Å². The van der Waals surface area contributed by atoms with Crippen molar-refractivity contribution < 1.29 is 19.1 Å². The van der Waals surface area contributed by atoms with Crippen molar-refractivity contribution in [3.05, 3.63) is 53.6 Å². The third kappa shape index (κ3) is 5.55. The maximum absolute atomic E-state index is 12.1. The molecule has 1 N–H and O–H groups in total. The molecular weight excluding hydrogens is 410 g/mol. The lowest BCUT2D eigenvalue weighted by Gasteiger charge is -2.12. The molecule has 0 unspecified atom stereocenters. The average molecular weight is 430 g/mol. The fraction of sp³-hybridized carbons (Fsp3) is 0.200. The molecule has 3 rings (SSSR count). The number of anilines is 1. The lowest BCUT2D eigenvalue weighted by molar-refractivity contribution is -0.124. The number of thioether (sulfide) groups is 1. The Kier molecular flexibility index (Phi) is 6.84. The van der Waals surface area contributed by atoms with Crippen LogP contribution in [0.2, 0.25) is 0 Å². The number of nitrogens with one attached hydrogen (secondary N) is 1. The van der Waals surface area contributed by atoms with Gasteiger partial charge in [0, 0.05) is 5.69 Å². The molecule has 2 aromatic rings. The SMILES string of the molecule is COc1cc(/C=N/N2C(=O)CSC2=S)ccc1OCC(=O)Nc1cccc(C)c1. The number of hydrazone groups is 1. The smallest absolute Gasteiger partial charge is 0.262 e. The molecule has 1 saturated heterocycles. The third-order valence-electron chi connectivity index (χ3n) is 3.90. The van der Waals surface area contributed by atoms with Gasteiger partial charge in [-0.2, -0.15) is 10.1 Å². The van der Waals surface area contributed by atoms with Crippen molar-refractivity contribution in [1.29, 1.82) is 0 Å². The van der Waals surface area contributed by atoms with Gasteiger partial charge >= 0.3 is 0 Å². The molecule has 9 heteroatoms. The highest BCUT2D eigenvalue weighted by atomic mass is 32.2. The molecule has 0 aromatic heterocycles. The minimum Gasteiger partial charge on any atom is -0.493 e. The summed E-state index contributed by atoms with van der Waals surface area (Å²) in [7, 11) is 1.51. The fourth-order valence-electron chi connectivity index (χ4n) is 2.53. The Labute approximate surface area is 178 Å². The van der Waals surface area contributed by atoms with E-state index in [0.29, 0.717) is 32.8 Å². The maximum atomic E-state index is 12.1. The first-order chi connectivity index (χ1) is 14.0. The van der Waals surface area contributed by atoms with Crippen LogP contribution in [-0.2, 0) is 9.59 Å². The van der Waals surface area contributed by atoms with E-state index in [2.05, 4.69) is 10.4 Å². The lowest BCUT2D eigenvalue weighted by Crippen LogP contribution is -2.22. The number of benzene rings is 2. The molecular formula is C20H19N3O4S2. The van der Waals surface area contributed by atoms with Crippen molar-refractivity contribution in [3.63, 3.8) is 0 Å². The summed E-state index contributed by atoms with van der Waals surface area (Å²) in [4.78, 5) is 23.8. The van der Waals surface area contributed by atoms with E-state index in [-0.39, 0.29) is 18.4 Å². The Balaban J connectivity index is 1.62. The Morgan fingerprint density at radius 1 is 1.31 bits per heavy atom. The molecule has 1 heterocycles. The van der Waals surface area contributed by atoms with Crippen LogP contribution in [0.3, 0.4) is 0 Å². The molecule has 0 radical (unpaired) electrons. The van der Waals surface area contributed by atoms with Crippen LogP contribution in [0.15, 0.2) is 47.6 Å². The third-order valence-corrected chi connectivity index (χ3v) is 5.24. The van der Waals surface area contributed by atoms with E-state index in [9.17, 15) is 9.59 Å². The summed E-state index contributed by atoms with van der Waals surface area (Å²) in [6.45, 7) is 1.79. The molecule has 2 aromatic carbocycles. The Morgan fingerprint density at radius 2 is 2.14 bits per heavy atom. The van der Waals surface area contributed by atoms with Gasteiger partial charge in [-0.3, -0.25) is 9.59 Å². The van der Waals surface area contributed by atoms with E-state index < -0.39 is 0 Å². The van der Waals surface area contributed by atoms with Gasteiger partial charge in [-0.25, -0.2) is 0 Å². The summed E-state index contributed by atoms with van der Waals surface area (Å²) in [6.07, 6.45) is 1.52. The van der Waals surface area contributed by atoms with Crippen molar-refractivity contribution >= 4 is 52.0 Å². The first-order valence-corrected chi connectivity index (χ1v) is 10.1. The van der Waals surface area contributed by atoms with Crippen molar-refractivity contribution in [2.45, 2.75) is 6.92 Å². The second-order valence-corrected chi connectivity index (χ2v) is 7.73. The van der Waals surface area contributed by atoms with Crippen LogP contribution >= 0.6 is 24.0 Å². The quantitative estimate of drug-likeness (QED) is 0.538. The van der Waals surface area contributed by atoms with Crippen molar-refractivity contribution in [2.24, 2.45) is 5.10 Å². The summed E-state index contributed by atoms with van der Waals surface area (Å²) in [6, 6.07) is 12.6. The normalized spacial score (nSPS) is 13.8. The second-order valence-electron chi connectivity index (χ2n) is 6.12. The average Bonchev–Trinajstić information content (AvgIpc) is 3.02. The second kappa shape index (κ2) is 9.53. The summed E-state index contributed by atoms with van der Waals surface area (Å²) < 4.78 is 11.4. The number of nitrogens with zero attached hydrogens (tertiary/aromatic N) is 2. The number of carbonyl (C=O) groups is 2. The highest BCUT2D eigenvalue weighted by Crippen LogP contribution is 2.28. The number of hydrogen-bond acceptors (Lipinski definition) is 7. The molecule has 2 amide bonds. The van der Waals surface area contributed by atoms with Crippen LogP contribution in [0.4, 0.5) is 5.69 Å². The predicted molar refractivity (Wildman–Crippen MR) is 118 cm³/mol. The van der Waals surface area contributed by atoms with Gasteiger partial charge in [-0.15, -0.1) is 0 Å². The van der Waals surface area contributed by atoms with Crippen molar-refractivity contribution in [3.8, 4) is 11.5 Å². The standard InChI is InChI=1S/C20H19N3O4S2/c1-13-4-3-5-15(8-13)22-18(24)11-27-16-7-6-14(9-17(16)26-2)10-21-23-19(25)12-29-20(23)28/h3-10H,11-12H2,1-2H3,(H,22,24)/b21-10+. The van der Waals surface area contributed by atoms with Crippen LogP contribution < -0.4 is 14.8 Å². The molecule has 0 spiro atoms. The summed E-state index contributed by atoms with van der Waals surface area (Å²) >= 11 is 6.37. The van der Waals surface area contributed by atoms with Gasteiger partial charge in [0.1, 0.15) is 0 Å². The van der Waals surface area contributed by atoms with Gasteiger partial charge in [-0.1, -0.05) is 36.1 Å². The molecule has 0 saturated carbocycles. The van der Waals surface area contributed by atoms with E-state index in [1.165, 1.54) is 30.1 Å². The van der Waals surface area contributed by atoms with Crippen LogP contribution in [0.1, 0.15) is 11.1 Å². The van der Waals surface area contributed by atoms with Gasteiger partial charge in [0.05, 0.1) is 19.1 Å². The molecule has 150 valence electrons. The van der Waals surface area contributed by atoms with E-state index >= 15 is 0 Å². The fourth-order valence-corrected chi connectivity index (χ4v) is 3.50. The summed E-state index contributed by atoms with van der Waals surface area (Å²) in [5.41, 5.74) is 2.47.